The SMILES string of the molecule is C=CCCN=COCC1CCCC(NC(=O)c2cc(C)ccc2-n2nccn2)C1. The molecule has 1 aromatic heterocycles. The average molecular weight is 396 g/mol. The lowest BCUT2D eigenvalue weighted by atomic mass is 9.86. The van der Waals surface area contributed by atoms with Crippen LogP contribution in [0.5, 0.6) is 0 Å². The minimum absolute atomic E-state index is 0.0847. The number of amides is 1. The number of aryl methyl sites for hydroxylation is 1. The fourth-order valence-electron chi connectivity index (χ4n) is 3.63. The van der Waals surface area contributed by atoms with Gasteiger partial charge in [-0.05, 0) is 50.7 Å². The molecule has 0 bridgehead atoms. The highest BCUT2D eigenvalue weighted by Gasteiger charge is 2.25. The molecule has 154 valence electrons. The van der Waals surface area contributed by atoms with Gasteiger partial charge in [0.25, 0.3) is 5.91 Å². The van der Waals surface area contributed by atoms with Gasteiger partial charge in [-0.15, -0.1) is 6.58 Å². The van der Waals surface area contributed by atoms with Crippen molar-refractivity contribution in [2.45, 2.75) is 45.1 Å². The molecule has 1 amide bonds. The molecule has 2 unspecified atom stereocenters. The molecule has 2 aromatic rings. The van der Waals surface area contributed by atoms with Crippen molar-refractivity contribution < 1.29 is 9.53 Å². The van der Waals surface area contributed by atoms with Gasteiger partial charge in [0.1, 0.15) is 0 Å². The van der Waals surface area contributed by atoms with E-state index in [0.717, 1.165) is 37.7 Å². The van der Waals surface area contributed by atoms with E-state index in [9.17, 15) is 4.79 Å². The number of hydrogen-bond donors (Lipinski definition) is 1. The first-order valence-electron chi connectivity index (χ1n) is 10.2. The Morgan fingerprint density at radius 2 is 2.21 bits per heavy atom. The van der Waals surface area contributed by atoms with Crippen LogP contribution in [0.1, 0.15) is 48.0 Å². The standard InChI is InChI=1S/C22H29N5O2/c1-3-4-10-23-16-29-15-18-6-5-7-19(14-18)26-22(28)20-13-17(2)8-9-21(20)27-24-11-12-25-27/h3,8-9,11-13,16,18-19H,1,4-7,10,14-15H2,2H3,(H,26,28). The van der Waals surface area contributed by atoms with E-state index in [1.54, 1.807) is 18.8 Å². The molecular formula is C22H29N5O2. The number of hydrogen-bond acceptors (Lipinski definition) is 5. The molecule has 0 saturated heterocycles. The maximum atomic E-state index is 13.0. The van der Waals surface area contributed by atoms with Crippen LogP contribution in [0.2, 0.25) is 0 Å². The van der Waals surface area contributed by atoms with Crippen LogP contribution < -0.4 is 5.32 Å². The predicted molar refractivity (Wildman–Crippen MR) is 113 cm³/mol. The van der Waals surface area contributed by atoms with E-state index in [2.05, 4.69) is 27.1 Å². The second kappa shape index (κ2) is 10.5. The molecule has 0 radical (unpaired) electrons. The van der Waals surface area contributed by atoms with Gasteiger partial charge in [-0.2, -0.15) is 15.0 Å². The van der Waals surface area contributed by atoms with E-state index in [-0.39, 0.29) is 11.9 Å². The van der Waals surface area contributed by atoms with Crippen molar-refractivity contribution in [3.8, 4) is 5.69 Å². The number of aliphatic imine (C=N–C) groups is 1. The lowest BCUT2D eigenvalue weighted by molar-refractivity contribution is 0.0909. The third kappa shape index (κ3) is 6.01. The second-order valence-corrected chi connectivity index (χ2v) is 7.46. The number of carbonyl (C=O) groups excluding carboxylic acids is 1. The lowest BCUT2D eigenvalue weighted by Crippen LogP contribution is -2.39. The van der Waals surface area contributed by atoms with Crippen molar-refractivity contribution in [3.63, 3.8) is 0 Å². The number of rotatable bonds is 9. The van der Waals surface area contributed by atoms with Gasteiger partial charge in [0, 0.05) is 12.6 Å². The molecule has 29 heavy (non-hydrogen) atoms. The number of nitrogens with one attached hydrogen (secondary N) is 1. The Morgan fingerprint density at radius 1 is 1.38 bits per heavy atom. The Morgan fingerprint density at radius 3 is 3.00 bits per heavy atom. The van der Waals surface area contributed by atoms with Gasteiger partial charge in [0.15, 0.2) is 6.40 Å². The lowest BCUT2D eigenvalue weighted by Gasteiger charge is -2.29. The van der Waals surface area contributed by atoms with Crippen LogP contribution in [0, 0.1) is 12.8 Å². The molecule has 3 rings (SSSR count). The Labute approximate surface area is 171 Å². The van der Waals surface area contributed by atoms with Crippen molar-refractivity contribution in [1.29, 1.82) is 0 Å². The summed E-state index contributed by atoms with van der Waals surface area (Å²) in [4.78, 5) is 18.7. The van der Waals surface area contributed by atoms with Crippen molar-refractivity contribution in [2.75, 3.05) is 13.2 Å². The van der Waals surface area contributed by atoms with Gasteiger partial charge >= 0.3 is 0 Å². The summed E-state index contributed by atoms with van der Waals surface area (Å²) < 4.78 is 5.58. The topological polar surface area (TPSA) is 81.4 Å². The van der Waals surface area contributed by atoms with Crippen molar-refractivity contribution in [1.82, 2.24) is 20.3 Å². The summed E-state index contributed by atoms with van der Waals surface area (Å²) in [6.45, 7) is 6.99. The summed E-state index contributed by atoms with van der Waals surface area (Å²) in [5.41, 5.74) is 2.30. The molecule has 1 N–H and O–H groups in total. The van der Waals surface area contributed by atoms with Gasteiger partial charge in [0.05, 0.1) is 30.3 Å². The fourth-order valence-corrected chi connectivity index (χ4v) is 3.63. The Balaban J connectivity index is 1.57. The van der Waals surface area contributed by atoms with E-state index >= 15 is 0 Å². The third-order valence-corrected chi connectivity index (χ3v) is 5.09. The Hall–Kier alpha value is -2.96. The van der Waals surface area contributed by atoms with Gasteiger partial charge in [-0.3, -0.25) is 9.79 Å². The molecule has 1 aromatic carbocycles. The smallest absolute Gasteiger partial charge is 0.253 e. The zero-order chi connectivity index (χ0) is 20.5. The molecular weight excluding hydrogens is 366 g/mol. The molecule has 1 heterocycles. The second-order valence-electron chi connectivity index (χ2n) is 7.46. The van der Waals surface area contributed by atoms with Crippen LogP contribution in [0.25, 0.3) is 5.69 Å². The van der Waals surface area contributed by atoms with E-state index in [0.29, 0.717) is 30.3 Å². The van der Waals surface area contributed by atoms with Gasteiger partial charge in [-0.1, -0.05) is 24.1 Å². The first-order chi connectivity index (χ1) is 14.2. The maximum Gasteiger partial charge on any atom is 0.253 e. The Kier molecular flexibility index (Phi) is 7.55. The predicted octanol–water partition coefficient (Wildman–Crippen LogP) is 3.49. The van der Waals surface area contributed by atoms with E-state index < -0.39 is 0 Å². The van der Waals surface area contributed by atoms with Crippen molar-refractivity contribution in [3.05, 3.63) is 54.4 Å². The highest BCUT2D eigenvalue weighted by molar-refractivity contribution is 5.98. The van der Waals surface area contributed by atoms with E-state index in [4.69, 9.17) is 4.74 Å². The minimum Gasteiger partial charge on any atom is -0.483 e. The number of nitrogens with zero attached hydrogens (tertiary/aromatic N) is 4. The zero-order valence-corrected chi connectivity index (χ0v) is 17.0. The summed E-state index contributed by atoms with van der Waals surface area (Å²) in [6.07, 6.45) is 11.5. The molecule has 1 aliphatic rings. The monoisotopic (exact) mass is 395 g/mol. The highest BCUT2D eigenvalue weighted by atomic mass is 16.5. The average Bonchev–Trinajstić information content (AvgIpc) is 3.25. The first kappa shape index (κ1) is 20.8. The number of benzene rings is 1. The number of ether oxygens (including phenoxy) is 1. The van der Waals surface area contributed by atoms with E-state index in [1.165, 1.54) is 4.80 Å². The molecule has 7 nitrogen and oxygen atoms in total. The van der Waals surface area contributed by atoms with Crippen molar-refractivity contribution in [2.24, 2.45) is 10.9 Å². The van der Waals surface area contributed by atoms with Crippen LogP contribution in [0.3, 0.4) is 0 Å². The minimum atomic E-state index is -0.0847. The van der Waals surface area contributed by atoms with Crippen molar-refractivity contribution >= 4 is 12.3 Å². The summed E-state index contributed by atoms with van der Waals surface area (Å²) in [5.74, 6) is 0.336. The largest absolute Gasteiger partial charge is 0.483 e. The molecule has 0 aliphatic heterocycles. The molecule has 7 heteroatoms. The highest BCUT2D eigenvalue weighted by Crippen LogP contribution is 2.25. The maximum absolute atomic E-state index is 13.0. The van der Waals surface area contributed by atoms with Crippen LogP contribution in [-0.4, -0.2) is 46.5 Å². The van der Waals surface area contributed by atoms with Gasteiger partial charge in [-0.25, -0.2) is 0 Å². The van der Waals surface area contributed by atoms with Crippen LogP contribution in [-0.2, 0) is 4.74 Å². The van der Waals surface area contributed by atoms with E-state index in [1.807, 2.05) is 31.2 Å². The summed E-state index contributed by atoms with van der Waals surface area (Å²) in [6, 6.07) is 5.87. The molecule has 1 aliphatic carbocycles. The van der Waals surface area contributed by atoms with Gasteiger partial charge in [0.2, 0.25) is 0 Å². The Bertz CT molecular complexity index is 832. The fraction of sp³-hybridized carbons (Fsp3) is 0.455. The van der Waals surface area contributed by atoms with Crippen LogP contribution >= 0.6 is 0 Å². The molecule has 2 atom stereocenters. The van der Waals surface area contributed by atoms with Crippen LogP contribution in [0.15, 0.2) is 48.2 Å². The quantitative estimate of drug-likeness (QED) is 0.305. The van der Waals surface area contributed by atoms with Crippen LogP contribution in [0.4, 0.5) is 0 Å². The molecule has 0 spiro atoms. The summed E-state index contributed by atoms with van der Waals surface area (Å²) in [7, 11) is 0. The zero-order valence-electron chi connectivity index (χ0n) is 17.0. The molecule has 1 fully saturated rings. The number of carbonyl (C=O) groups is 1. The number of aromatic nitrogens is 3. The summed E-state index contributed by atoms with van der Waals surface area (Å²) in [5, 5.41) is 11.5. The molecule has 1 saturated carbocycles. The summed E-state index contributed by atoms with van der Waals surface area (Å²) >= 11 is 0. The normalized spacial score (nSPS) is 19.2. The van der Waals surface area contributed by atoms with Gasteiger partial charge < -0.3 is 10.1 Å². The first-order valence-corrected chi connectivity index (χ1v) is 10.2. The third-order valence-electron chi connectivity index (χ3n) is 5.09.